The number of rotatable bonds is 2. The molecular weight excluding hydrogens is 340 g/mol. The molecule has 20 heavy (non-hydrogen) atoms. The third kappa shape index (κ3) is 2.46. The Kier molecular flexibility index (Phi) is 3.76. The first-order valence-electron chi connectivity index (χ1n) is 6.45. The van der Waals surface area contributed by atoms with E-state index in [2.05, 4.69) is 15.9 Å². The van der Waals surface area contributed by atoms with Crippen LogP contribution in [0.3, 0.4) is 0 Å². The SMILES string of the molecule is Cc1ccc(C(O)c2cc(Cl)cc3c2OCC3)cc1Br. The highest BCUT2D eigenvalue weighted by Crippen LogP contribution is 2.39. The zero-order valence-corrected chi connectivity index (χ0v) is 13.3. The van der Waals surface area contributed by atoms with Gasteiger partial charge in [0.15, 0.2) is 0 Å². The second-order valence-electron chi connectivity index (χ2n) is 4.99. The van der Waals surface area contributed by atoms with Crippen molar-refractivity contribution in [2.45, 2.75) is 19.4 Å². The van der Waals surface area contributed by atoms with Crippen molar-refractivity contribution in [2.75, 3.05) is 6.61 Å². The number of aliphatic hydroxyl groups excluding tert-OH is 1. The molecule has 0 bridgehead atoms. The van der Waals surface area contributed by atoms with Gasteiger partial charge in [-0.3, -0.25) is 0 Å². The lowest BCUT2D eigenvalue weighted by Gasteiger charge is -2.16. The first kappa shape index (κ1) is 13.9. The van der Waals surface area contributed by atoms with Gasteiger partial charge in [-0.1, -0.05) is 39.7 Å². The molecular formula is C16H14BrClO2. The van der Waals surface area contributed by atoms with Crippen molar-refractivity contribution in [1.29, 1.82) is 0 Å². The predicted molar refractivity (Wildman–Crippen MR) is 83.6 cm³/mol. The van der Waals surface area contributed by atoms with Crippen LogP contribution in [-0.4, -0.2) is 11.7 Å². The lowest BCUT2D eigenvalue weighted by Crippen LogP contribution is -2.03. The molecule has 4 heteroatoms. The van der Waals surface area contributed by atoms with Crippen molar-refractivity contribution >= 4 is 27.5 Å². The third-order valence-electron chi connectivity index (χ3n) is 3.58. The number of aryl methyl sites for hydroxylation is 1. The summed E-state index contributed by atoms with van der Waals surface area (Å²) in [4.78, 5) is 0. The first-order valence-corrected chi connectivity index (χ1v) is 7.62. The van der Waals surface area contributed by atoms with Gasteiger partial charge in [-0.25, -0.2) is 0 Å². The van der Waals surface area contributed by atoms with Gasteiger partial charge >= 0.3 is 0 Å². The largest absolute Gasteiger partial charge is 0.493 e. The summed E-state index contributed by atoms with van der Waals surface area (Å²) in [5, 5.41) is 11.3. The quantitative estimate of drug-likeness (QED) is 0.865. The average Bonchev–Trinajstić information content (AvgIpc) is 2.88. The van der Waals surface area contributed by atoms with E-state index in [1.807, 2.05) is 31.2 Å². The Morgan fingerprint density at radius 2 is 2.10 bits per heavy atom. The highest BCUT2D eigenvalue weighted by Gasteiger charge is 2.23. The van der Waals surface area contributed by atoms with Crippen LogP contribution in [0.4, 0.5) is 0 Å². The zero-order chi connectivity index (χ0) is 14.3. The molecule has 1 atom stereocenters. The smallest absolute Gasteiger partial charge is 0.128 e. The van der Waals surface area contributed by atoms with Crippen LogP contribution in [0.25, 0.3) is 0 Å². The Bertz CT molecular complexity index is 670. The maximum absolute atomic E-state index is 10.6. The summed E-state index contributed by atoms with van der Waals surface area (Å²) in [6.45, 7) is 2.66. The fourth-order valence-electron chi connectivity index (χ4n) is 2.46. The van der Waals surface area contributed by atoms with Gasteiger partial charge in [0.05, 0.1) is 6.61 Å². The summed E-state index contributed by atoms with van der Waals surface area (Å²) in [6, 6.07) is 9.53. The Hall–Kier alpha value is -1.03. The van der Waals surface area contributed by atoms with Crippen LogP contribution in [-0.2, 0) is 6.42 Å². The molecule has 2 aromatic carbocycles. The molecule has 0 radical (unpaired) electrons. The van der Waals surface area contributed by atoms with Gasteiger partial charge in [0.25, 0.3) is 0 Å². The standard InChI is InChI=1S/C16H14BrClO2/c1-9-2-3-10(7-14(9)17)15(19)13-8-12(18)6-11-4-5-20-16(11)13/h2-3,6-8,15,19H,4-5H2,1H3. The van der Waals surface area contributed by atoms with Crippen LogP contribution < -0.4 is 4.74 Å². The second-order valence-corrected chi connectivity index (χ2v) is 6.28. The van der Waals surface area contributed by atoms with E-state index in [0.29, 0.717) is 11.6 Å². The van der Waals surface area contributed by atoms with Gasteiger partial charge < -0.3 is 9.84 Å². The molecule has 1 aliphatic rings. The molecule has 1 N–H and O–H groups in total. The summed E-state index contributed by atoms with van der Waals surface area (Å²) >= 11 is 9.64. The normalized spacial score (nSPS) is 14.8. The molecule has 0 aliphatic carbocycles. The monoisotopic (exact) mass is 352 g/mol. The Morgan fingerprint density at radius 3 is 2.85 bits per heavy atom. The number of fused-ring (bicyclic) bond motifs is 1. The van der Waals surface area contributed by atoms with E-state index in [1.54, 1.807) is 6.07 Å². The van der Waals surface area contributed by atoms with Gasteiger partial charge in [0, 0.05) is 21.5 Å². The average molecular weight is 354 g/mol. The molecule has 2 nitrogen and oxygen atoms in total. The molecule has 1 aliphatic heterocycles. The fourth-order valence-corrected chi connectivity index (χ4v) is 3.11. The van der Waals surface area contributed by atoms with Gasteiger partial charge in [0.2, 0.25) is 0 Å². The van der Waals surface area contributed by atoms with Gasteiger partial charge in [0.1, 0.15) is 11.9 Å². The summed E-state index contributed by atoms with van der Waals surface area (Å²) in [5.74, 6) is 0.776. The van der Waals surface area contributed by atoms with Crippen molar-refractivity contribution in [3.05, 3.63) is 62.1 Å². The Balaban J connectivity index is 2.06. The van der Waals surface area contributed by atoms with Crippen molar-refractivity contribution in [3.63, 3.8) is 0 Å². The van der Waals surface area contributed by atoms with Crippen molar-refractivity contribution in [1.82, 2.24) is 0 Å². The van der Waals surface area contributed by atoms with Crippen LogP contribution in [0.5, 0.6) is 5.75 Å². The minimum absolute atomic E-state index is 0.634. The number of halogens is 2. The van der Waals surface area contributed by atoms with E-state index in [4.69, 9.17) is 16.3 Å². The maximum Gasteiger partial charge on any atom is 0.128 e. The number of aliphatic hydroxyl groups is 1. The maximum atomic E-state index is 10.6. The fraction of sp³-hybridized carbons (Fsp3) is 0.250. The Morgan fingerprint density at radius 1 is 1.30 bits per heavy atom. The number of hydrogen-bond donors (Lipinski definition) is 1. The molecule has 1 unspecified atom stereocenters. The minimum Gasteiger partial charge on any atom is -0.493 e. The van der Waals surface area contributed by atoms with Gasteiger partial charge in [-0.15, -0.1) is 0 Å². The van der Waals surface area contributed by atoms with E-state index in [0.717, 1.165) is 38.9 Å². The van der Waals surface area contributed by atoms with Crippen LogP contribution in [0.15, 0.2) is 34.8 Å². The number of hydrogen-bond acceptors (Lipinski definition) is 2. The molecule has 3 rings (SSSR count). The summed E-state index contributed by atoms with van der Waals surface area (Å²) < 4.78 is 6.63. The molecule has 0 saturated carbocycles. The van der Waals surface area contributed by atoms with Gasteiger partial charge in [-0.05, 0) is 41.8 Å². The third-order valence-corrected chi connectivity index (χ3v) is 4.66. The molecule has 0 aromatic heterocycles. The van der Waals surface area contributed by atoms with Crippen LogP contribution >= 0.6 is 27.5 Å². The molecule has 104 valence electrons. The summed E-state index contributed by atoms with van der Waals surface area (Å²) in [7, 11) is 0. The highest BCUT2D eigenvalue weighted by atomic mass is 79.9. The van der Waals surface area contributed by atoms with E-state index < -0.39 is 6.10 Å². The first-order chi connectivity index (χ1) is 9.56. The number of benzene rings is 2. The van der Waals surface area contributed by atoms with Crippen molar-refractivity contribution in [3.8, 4) is 5.75 Å². The van der Waals surface area contributed by atoms with E-state index >= 15 is 0 Å². The molecule has 0 fully saturated rings. The lowest BCUT2D eigenvalue weighted by atomic mass is 9.97. The van der Waals surface area contributed by atoms with Crippen LogP contribution in [0.2, 0.25) is 5.02 Å². The molecule has 0 spiro atoms. The van der Waals surface area contributed by atoms with Crippen molar-refractivity contribution in [2.24, 2.45) is 0 Å². The predicted octanol–water partition coefficient (Wildman–Crippen LogP) is 4.43. The van der Waals surface area contributed by atoms with Crippen LogP contribution in [0, 0.1) is 6.92 Å². The van der Waals surface area contributed by atoms with E-state index in [1.165, 1.54) is 0 Å². The molecule has 2 aromatic rings. The molecule has 0 saturated heterocycles. The van der Waals surface area contributed by atoms with Gasteiger partial charge in [-0.2, -0.15) is 0 Å². The summed E-state index contributed by atoms with van der Waals surface area (Å²) in [5.41, 5.74) is 3.76. The van der Waals surface area contributed by atoms with E-state index in [-0.39, 0.29) is 0 Å². The minimum atomic E-state index is -0.738. The van der Waals surface area contributed by atoms with Crippen molar-refractivity contribution < 1.29 is 9.84 Å². The summed E-state index contributed by atoms with van der Waals surface area (Å²) in [6.07, 6.45) is 0.102. The second kappa shape index (κ2) is 5.40. The zero-order valence-electron chi connectivity index (χ0n) is 11.0. The van der Waals surface area contributed by atoms with E-state index in [9.17, 15) is 5.11 Å². The van der Waals surface area contributed by atoms with Crippen LogP contribution in [0.1, 0.15) is 28.4 Å². The highest BCUT2D eigenvalue weighted by molar-refractivity contribution is 9.10. The lowest BCUT2D eigenvalue weighted by molar-refractivity contribution is 0.213. The molecule has 1 heterocycles. The molecule has 0 amide bonds. The topological polar surface area (TPSA) is 29.5 Å². The number of ether oxygens (including phenoxy) is 1. The Labute approximate surface area is 131 Å².